The quantitative estimate of drug-likeness (QED) is 0.319. The molecule has 40 heavy (non-hydrogen) atoms. The van der Waals surface area contributed by atoms with Gasteiger partial charge in [-0.3, -0.25) is 9.48 Å². The molecule has 1 unspecified atom stereocenters. The van der Waals surface area contributed by atoms with Crippen LogP contribution < -0.4 is 10.9 Å². The molecule has 6 rings (SSSR count). The number of thiophene rings is 1. The molecule has 206 valence electrons. The van der Waals surface area contributed by atoms with Crippen molar-refractivity contribution in [3.8, 4) is 22.5 Å². The van der Waals surface area contributed by atoms with E-state index in [4.69, 9.17) is 14.7 Å². The molecule has 1 fully saturated rings. The molecule has 10 heteroatoms. The maximum Gasteiger partial charge on any atom is 0.253 e. The maximum atomic E-state index is 12.3. The molecule has 1 aliphatic heterocycles. The van der Waals surface area contributed by atoms with Crippen molar-refractivity contribution in [2.45, 2.75) is 45.1 Å². The lowest BCUT2D eigenvalue weighted by molar-refractivity contribution is -0.00694. The largest absolute Gasteiger partial charge is 0.389 e. The Balaban J connectivity index is 1.52. The van der Waals surface area contributed by atoms with Crippen LogP contribution in [0.15, 0.2) is 65.2 Å². The van der Waals surface area contributed by atoms with Crippen LogP contribution in [0.2, 0.25) is 0 Å². The van der Waals surface area contributed by atoms with Gasteiger partial charge >= 0.3 is 0 Å². The van der Waals surface area contributed by atoms with Gasteiger partial charge in [-0.25, -0.2) is 9.97 Å². The minimum Gasteiger partial charge on any atom is -0.389 e. The number of nitrogens with one attached hydrogen (secondary N) is 1. The summed E-state index contributed by atoms with van der Waals surface area (Å²) in [5.41, 5.74) is 4.05. The molecule has 2 atom stereocenters. The Morgan fingerprint density at radius 2 is 2.00 bits per heavy atom. The van der Waals surface area contributed by atoms with E-state index in [1.165, 1.54) is 4.88 Å². The summed E-state index contributed by atoms with van der Waals surface area (Å²) in [6.45, 7) is 7.00. The third-order valence-electron chi connectivity index (χ3n) is 7.05. The van der Waals surface area contributed by atoms with Crippen molar-refractivity contribution in [1.29, 1.82) is 0 Å². The van der Waals surface area contributed by atoms with E-state index in [9.17, 15) is 9.90 Å². The number of aryl methyl sites for hydroxylation is 2. The first-order valence-electron chi connectivity index (χ1n) is 13.3. The van der Waals surface area contributed by atoms with Crippen LogP contribution in [-0.2, 0) is 18.3 Å². The van der Waals surface area contributed by atoms with Crippen molar-refractivity contribution in [2.24, 2.45) is 7.05 Å². The van der Waals surface area contributed by atoms with Crippen molar-refractivity contribution >= 4 is 22.2 Å². The molecule has 1 aliphatic rings. The zero-order valence-corrected chi connectivity index (χ0v) is 23.8. The Bertz CT molecular complexity index is 1710. The summed E-state index contributed by atoms with van der Waals surface area (Å²) in [6, 6.07) is 12.1. The average Bonchev–Trinajstić information content (AvgIpc) is 3.62. The molecule has 0 bridgehead atoms. The number of pyridine rings is 1. The normalized spacial score (nSPS) is 17.9. The molecule has 0 radical (unpaired) electrons. The zero-order valence-electron chi connectivity index (χ0n) is 23.0. The Hall–Kier alpha value is -3.70. The van der Waals surface area contributed by atoms with Gasteiger partial charge in [0.15, 0.2) is 5.82 Å². The van der Waals surface area contributed by atoms with Crippen molar-refractivity contribution in [1.82, 2.24) is 29.6 Å². The smallest absolute Gasteiger partial charge is 0.253 e. The van der Waals surface area contributed by atoms with E-state index in [2.05, 4.69) is 27.9 Å². The summed E-state index contributed by atoms with van der Waals surface area (Å²) in [5.74, 6) is 0.550. The second kappa shape index (κ2) is 10.4. The third-order valence-corrected chi connectivity index (χ3v) is 8.00. The van der Waals surface area contributed by atoms with E-state index in [0.717, 1.165) is 39.8 Å². The predicted octanol–water partition coefficient (Wildman–Crippen LogP) is 4.40. The second-order valence-electron chi connectivity index (χ2n) is 11.0. The fourth-order valence-electron chi connectivity index (χ4n) is 5.23. The van der Waals surface area contributed by atoms with Crippen LogP contribution >= 0.6 is 11.3 Å². The van der Waals surface area contributed by atoms with E-state index < -0.39 is 5.60 Å². The first kappa shape index (κ1) is 26.5. The van der Waals surface area contributed by atoms with Gasteiger partial charge in [0.05, 0.1) is 47.8 Å². The molecule has 5 aromatic rings. The maximum absolute atomic E-state index is 12.3. The molecule has 0 saturated carbocycles. The molecule has 1 aromatic carbocycles. The van der Waals surface area contributed by atoms with Crippen molar-refractivity contribution in [2.75, 3.05) is 13.2 Å². The Morgan fingerprint density at radius 1 is 1.15 bits per heavy atom. The topological polar surface area (TPSA) is 107 Å². The first-order valence-corrected chi connectivity index (χ1v) is 14.2. The Morgan fingerprint density at radius 3 is 2.75 bits per heavy atom. The summed E-state index contributed by atoms with van der Waals surface area (Å²) in [6.07, 6.45) is 5.12. The van der Waals surface area contributed by atoms with Crippen LogP contribution in [0.1, 0.15) is 42.1 Å². The van der Waals surface area contributed by atoms with Crippen LogP contribution in [0.25, 0.3) is 33.4 Å². The summed E-state index contributed by atoms with van der Waals surface area (Å²) >= 11 is 1.69. The van der Waals surface area contributed by atoms with Gasteiger partial charge in [0.25, 0.3) is 5.56 Å². The lowest BCUT2D eigenvalue weighted by atomic mass is 9.97. The minimum atomic E-state index is -0.899. The van der Waals surface area contributed by atoms with Gasteiger partial charge in [0, 0.05) is 41.8 Å². The third kappa shape index (κ3) is 5.23. The van der Waals surface area contributed by atoms with Gasteiger partial charge in [-0.15, -0.1) is 11.3 Å². The summed E-state index contributed by atoms with van der Waals surface area (Å²) < 4.78 is 9.75. The number of benzene rings is 1. The highest BCUT2D eigenvalue weighted by Gasteiger charge is 2.32. The molecule has 4 aromatic heterocycles. The molecule has 0 amide bonds. The highest BCUT2D eigenvalue weighted by Crippen LogP contribution is 2.39. The van der Waals surface area contributed by atoms with Crippen LogP contribution in [-0.4, -0.2) is 48.2 Å². The number of fused-ring (bicyclic) bond motifs is 1. The number of morpholine rings is 1. The first-order chi connectivity index (χ1) is 19.2. The minimum absolute atomic E-state index is 0.0104. The highest BCUT2D eigenvalue weighted by atomic mass is 32.1. The lowest BCUT2D eigenvalue weighted by Gasteiger charge is -2.32. The van der Waals surface area contributed by atoms with Crippen LogP contribution in [0, 0.1) is 6.92 Å². The van der Waals surface area contributed by atoms with E-state index in [1.54, 1.807) is 47.7 Å². The number of ether oxygens (including phenoxy) is 1. The number of nitrogens with zero attached hydrogens (tertiary/aromatic N) is 5. The number of hydrogen-bond donors (Lipinski definition) is 2. The Labute approximate surface area is 236 Å². The van der Waals surface area contributed by atoms with Gasteiger partial charge in [-0.05, 0) is 61.5 Å². The van der Waals surface area contributed by atoms with E-state index >= 15 is 0 Å². The van der Waals surface area contributed by atoms with E-state index in [-0.39, 0.29) is 17.7 Å². The lowest BCUT2D eigenvalue weighted by Crippen LogP contribution is -2.37. The number of hydrogen-bond acceptors (Lipinski definition) is 8. The molecular formula is C30H32N6O3S. The molecule has 5 heterocycles. The van der Waals surface area contributed by atoms with E-state index in [0.29, 0.717) is 24.5 Å². The fourth-order valence-corrected chi connectivity index (χ4v) is 6.06. The van der Waals surface area contributed by atoms with Gasteiger partial charge < -0.3 is 19.7 Å². The molecule has 1 saturated heterocycles. The highest BCUT2D eigenvalue weighted by molar-refractivity contribution is 7.10. The average molecular weight is 557 g/mol. The summed E-state index contributed by atoms with van der Waals surface area (Å²) in [7, 11) is 1.77. The zero-order chi connectivity index (χ0) is 28.0. The number of aromatic nitrogens is 5. The van der Waals surface area contributed by atoms with Gasteiger partial charge in [-0.1, -0.05) is 12.1 Å². The standard InChI is InChI=1S/C30H32N6O3S/c1-18-12-20(15-35(4)29(18)37)19-7-8-23-22(13-19)25(27-26(31-9-10-39-27)24-6-5-11-40-24)34-28(33-23)21-14-32-36(16-21)17-30(2,3)38/h5-8,11-16,26-27,31,38H,9-10,17H2,1-4H3/t26?,27-/m0/s1. The molecule has 0 spiro atoms. The monoisotopic (exact) mass is 556 g/mol. The van der Waals surface area contributed by atoms with Crippen LogP contribution in [0.4, 0.5) is 0 Å². The molecule has 9 nitrogen and oxygen atoms in total. The second-order valence-corrected chi connectivity index (χ2v) is 11.9. The van der Waals surface area contributed by atoms with Gasteiger partial charge in [-0.2, -0.15) is 5.10 Å². The number of rotatable bonds is 6. The summed E-state index contributed by atoms with van der Waals surface area (Å²) in [4.78, 5) is 23.5. The van der Waals surface area contributed by atoms with Gasteiger partial charge in [0.1, 0.15) is 6.10 Å². The van der Waals surface area contributed by atoms with E-state index in [1.807, 2.05) is 43.6 Å². The molecular weight excluding hydrogens is 524 g/mol. The molecule has 2 N–H and O–H groups in total. The number of aliphatic hydroxyl groups is 1. The molecule has 0 aliphatic carbocycles. The van der Waals surface area contributed by atoms with Crippen LogP contribution in [0.5, 0.6) is 0 Å². The Kier molecular flexibility index (Phi) is 6.87. The fraction of sp³-hybridized carbons (Fsp3) is 0.333. The SMILES string of the molecule is Cc1cc(-c2ccc3nc(-c4cnn(CC(C)(C)O)c4)nc([C@@H]4OCCNC4c4cccs4)c3c2)cn(C)c1=O. The predicted molar refractivity (Wildman–Crippen MR) is 156 cm³/mol. The van der Waals surface area contributed by atoms with Crippen LogP contribution in [0.3, 0.4) is 0 Å². The van der Waals surface area contributed by atoms with Gasteiger partial charge in [0.2, 0.25) is 0 Å². The van der Waals surface area contributed by atoms with Crippen molar-refractivity contribution in [3.05, 3.63) is 86.9 Å². The summed E-state index contributed by atoms with van der Waals surface area (Å²) in [5, 5.41) is 21.3. The van der Waals surface area contributed by atoms with Crippen molar-refractivity contribution in [3.63, 3.8) is 0 Å². The van der Waals surface area contributed by atoms with Crippen molar-refractivity contribution < 1.29 is 9.84 Å².